The quantitative estimate of drug-likeness (QED) is 0.0624. The van der Waals surface area contributed by atoms with Gasteiger partial charge in [0.25, 0.3) is 10.2 Å². The van der Waals surface area contributed by atoms with Crippen molar-refractivity contribution in [3.8, 4) is 11.5 Å². The maximum Gasteiger partial charge on any atom is 0.414 e. The topological polar surface area (TPSA) is 201 Å². The Morgan fingerprint density at radius 2 is 1.50 bits per heavy atom. The minimum atomic E-state index is -0.888. The molecule has 18 heteroatoms. The van der Waals surface area contributed by atoms with Gasteiger partial charge in [-0.1, -0.05) is 42.5 Å². The van der Waals surface area contributed by atoms with Crippen LogP contribution < -0.4 is 14.4 Å². The second-order valence-electron chi connectivity index (χ2n) is 13.6. The van der Waals surface area contributed by atoms with E-state index >= 15 is 0 Å². The van der Waals surface area contributed by atoms with Crippen molar-refractivity contribution >= 4 is 17.9 Å². The molecule has 3 aromatic carbocycles. The van der Waals surface area contributed by atoms with Crippen LogP contribution in [0.25, 0.3) is 0 Å². The van der Waals surface area contributed by atoms with E-state index in [1.54, 1.807) is 16.9 Å². The SMILES string of the molecule is COc1ccccc1COCCCOc1ccc(C2CCN(C(=O)OCCCO[N+](=O)[O-])CC2OCc2ccc3c(c2)N(C(=O)OCCCO[N+](=O)[O-])CCC3)cc1. The number of nitrogens with zero attached hydrogens (tertiary/aromatic N) is 4. The number of anilines is 1. The van der Waals surface area contributed by atoms with Crippen LogP contribution in [0.15, 0.2) is 66.7 Å². The molecule has 0 saturated carbocycles. The smallest absolute Gasteiger partial charge is 0.414 e. The summed E-state index contributed by atoms with van der Waals surface area (Å²) in [5.74, 6) is 1.44. The van der Waals surface area contributed by atoms with Gasteiger partial charge in [0.2, 0.25) is 0 Å². The van der Waals surface area contributed by atoms with Crippen LogP contribution in [0.5, 0.6) is 11.5 Å². The summed E-state index contributed by atoms with van der Waals surface area (Å²) in [6, 6.07) is 21.4. The van der Waals surface area contributed by atoms with Crippen molar-refractivity contribution in [2.45, 2.75) is 63.8 Å². The highest BCUT2D eigenvalue weighted by molar-refractivity contribution is 5.89. The lowest BCUT2D eigenvalue weighted by molar-refractivity contribution is -0.757. The van der Waals surface area contributed by atoms with E-state index in [1.807, 2.05) is 66.7 Å². The number of benzene rings is 3. The first-order chi connectivity index (χ1) is 28.2. The number of hydrogen-bond acceptors (Lipinski definition) is 14. The number of carbonyl (C=O) groups is 2. The van der Waals surface area contributed by atoms with E-state index in [0.29, 0.717) is 51.4 Å². The molecule has 58 heavy (non-hydrogen) atoms. The number of piperidine rings is 1. The zero-order valence-electron chi connectivity index (χ0n) is 32.5. The normalized spacial score (nSPS) is 16.2. The monoisotopic (exact) mass is 810 g/mol. The van der Waals surface area contributed by atoms with Crippen molar-refractivity contribution in [1.29, 1.82) is 0 Å². The number of methoxy groups -OCH3 is 1. The summed E-state index contributed by atoms with van der Waals surface area (Å²) in [6.07, 6.45) is 1.67. The Morgan fingerprint density at radius 3 is 2.22 bits per heavy atom. The van der Waals surface area contributed by atoms with Gasteiger partial charge in [-0.15, -0.1) is 20.2 Å². The summed E-state index contributed by atoms with van der Waals surface area (Å²) in [7, 11) is 1.64. The third kappa shape index (κ3) is 13.4. The number of ether oxygens (including phenoxy) is 6. The zero-order valence-corrected chi connectivity index (χ0v) is 32.5. The molecule has 0 aliphatic carbocycles. The van der Waals surface area contributed by atoms with Gasteiger partial charge in [-0.3, -0.25) is 4.90 Å². The lowest BCUT2D eigenvalue weighted by atomic mass is 9.87. The van der Waals surface area contributed by atoms with Crippen molar-refractivity contribution in [2.24, 2.45) is 0 Å². The van der Waals surface area contributed by atoms with Crippen LogP contribution in [0.4, 0.5) is 15.3 Å². The lowest BCUT2D eigenvalue weighted by Gasteiger charge is -2.38. The minimum absolute atomic E-state index is 0.0242. The van der Waals surface area contributed by atoms with Gasteiger partial charge in [0.1, 0.15) is 11.5 Å². The first kappa shape index (κ1) is 43.2. The Labute approximate surface area is 336 Å². The Kier molecular flexibility index (Phi) is 17.0. The Morgan fingerprint density at radius 1 is 0.793 bits per heavy atom. The summed E-state index contributed by atoms with van der Waals surface area (Å²) < 4.78 is 34.5. The molecule has 0 aromatic heterocycles. The molecule has 2 amide bonds. The van der Waals surface area contributed by atoms with Crippen molar-refractivity contribution in [1.82, 2.24) is 4.90 Å². The van der Waals surface area contributed by atoms with Crippen LogP contribution in [-0.2, 0) is 48.3 Å². The van der Waals surface area contributed by atoms with Crippen LogP contribution in [0.2, 0.25) is 0 Å². The van der Waals surface area contributed by atoms with E-state index in [0.717, 1.165) is 46.6 Å². The maximum atomic E-state index is 13.0. The van der Waals surface area contributed by atoms with E-state index in [1.165, 1.54) is 0 Å². The number of likely N-dealkylation sites (tertiary alicyclic amines) is 1. The number of amides is 2. The molecule has 18 nitrogen and oxygen atoms in total. The predicted molar refractivity (Wildman–Crippen MR) is 207 cm³/mol. The fraction of sp³-hybridized carbons (Fsp3) is 0.500. The van der Waals surface area contributed by atoms with Crippen molar-refractivity contribution < 1.29 is 57.9 Å². The molecular weight excluding hydrogens is 760 g/mol. The van der Waals surface area contributed by atoms with Crippen LogP contribution in [-0.4, -0.2) is 99.7 Å². The summed E-state index contributed by atoms with van der Waals surface area (Å²) >= 11 is 0. The largest absolute Gasteiger partial charge is 0.496 e. The molecule has 0 spiro atoms. The highest BCUT2D eigenvalue weighted by atomic mass is 17.0. The Balaban J connectivity index is 1.18. The van der Waals surface area contributed by atoms with E-state index in [2.05, 4.69) is 9.68 Å². The fourth-order valence-electron chi connectivity index (χ4n) is 6.79. The van der Waals surface area contributed by atoms with Gasteiger partial charge in [0.05, 0.1) is 78.3 Å². The summed E-state index contributed by atoms with van der Waals surface area (Å²) in [5, 5.41) is 19.1. The van der Waals surface area contributed by atoms with Gasteiger partial charge in [-0.05, 0) is 60.2 Å². The molecule has 0 N–H and O–H groups in total. The average molecular weight is 811 g/mol. The van der Waals surface area contributed by atoms with Crippen LogP contribution in [0.1, 0.15) is 60.3 Å². The Hall–Kier alpha value is -5.88. The van der Waals surface area contributed by atoms with Crippen LogP contribution in [0, 0.1) is 20.2 Å². The minimum Gasteiger partial charge on any atom is -0.496 e. The van der Waals surface area contributed by atoms with Gasteiger partial charge in [-0.25, -0.2) is 9.59 Å². The van der Waals surface area contributed by atoms with Crippen LogP contribution >= 0.6 is 0 Å². The molecule has 3 aromatic rings. The first-order valence-corrected chi connectivity index (χ1v) is 19.3. The first-order valence-electron chi connectivity index (χ1n) is 19.3. The van der Waals surface area contributed by atoms with Gasteiger partial charge in [-0.2, -0.15) is 0 Å². The summed E-state index contributed by atoms with van der Waals surface area (Å²) in [6.45, 7) is 2.35. The molecule has 5 rings (SSSR count). The number of rotatable bonds is 22. The molecular formula is C40H50N4O14. The standard InChI is InChI=1S/C40H50N4O14/c1-51-37-10-3-2-8-33(37)29-52-20-5-21-53-34-15-13-31(14-16-34)35-17-19-41(39(45)54-22-6-24-57-43(47)48)27-38(35)56-28-30-11-12-32-9-4-18-42(36(32)26-30)40(46)55-23-7-25-58-44(49)50/h2-3,8,10-16,26,35,38H,4-7,9,17-25,27-29H2,1H3. The predicted octanol–water partition coefficient (Wildman–Crippen LogP) is 6.28. The van der Waals surface area contributed by atoms with Crippen LogP contribution in [0.3, 0.4) is 0 Å². The van der Waals surface area contributed by atoms with Crippen molar-refractivity contribution in [3.05, 3.63) is 109 Å². The molecule has 2 heterocycles. The highest BCUT2D eigenvalue weighted by Crippen LogP contribution is 2.34. The molecule has 0 bridgehead atoms. The number of para-hydroxylation sites is 1. The lowest BCUT2D eigenvalue weighted by Crippen LogP contribution is -2.47. The molecule has 1 saturated heterocycles. The third-order valence-electron chi connectivity index (χ3n) is 9.65. The van der Waals surface area contributed by atoms with E-state index in [4.69, 9.17) is 28.4 Å². The number of fused-ring (bicyclic) bond motifs is 1. The molecule has 314 valence electrons. The number of aryl methyl sites for hydroxylation is 1. The summed E-state index contributed by atoms with van der Waals surface area (Å²) in [4.78, 5) is 58.6. The summed E-state index contributed by atoms with van der Waals surface area (Å²) in [5.41, 5.74) is 4.52. The number of carbonyl (C=O) groups excluding carboxylic acids is 2. The molecule has 2 atom stereocenters. The zero-order chi connectivity index (χ0) is 41.1. The Bertz CT molecular complexity index is 1800. The molecule has 1 fully saturated rings. The molecule has 2 unspecified atom stereocenters. The maximum absolute atomic E-state index is 13.0. The highest BCUT2D eigenvalue weighted by Gasteiger charge is 2.34. The molecule has 2 aliphatic rings. The second kappa shape index (κ2) is 22.8. The van der Waals surface area contributed by atoms with Crippen molar-refractivity contribution in [2.75, 3.05) is 71.3 Å². The van der Waals surface area contributed by atoms with Gasteiger partial charge >= 0.3 is 12.2 Å². The van der Waals surface area contributed by atoms with Gasteiger partial charge in [0.15, 0.2) is 0 Å². The molecule has 2 aliphatic heterocycles. The fourth-order valence-corrected chi connectivity index (χ4v) is 6.79. The van der Waals surface area contributed by atoms with Gasteiger partial charge in [0, 0.05) is 43.8 Å². The van der Waals surface area contributed by atoms with E-state index < -0.39 is 28.5 Å². The van der Waals surface area contributed by atoms with Crippen molar-refractivity contribution in [3.63, 3.8) is 0 Å². The second-order valence-corrected chi connectivity index (χ2v) is 13.6. The average Bonchev–Trinajstić information content (AvgIpc) is 3.23. The molecule has 0 radical (unpaired) electrons. The van der Waals surface area contributed by atoms with E-state index in [-0.39, 0.29) is 58.3 Å². The third-order valence-corrected chi connectivity index (χ3v) is 9.65. The number of hydrogen-bond donors (Lipinski definition) is 0. The van der Waals surface area contributed by atoms with Gasteiger partial charge < -0.3 is 43.0 Å². The van der Waals surface area contributed by atoms with E-state index in [9.17, 15) is 29.8 Å².